The first-order valence-corrected chi connectivity index (χ1v) is 11.0. The number of hydrogen-bond acceptors (Lipinski definition) is 3. The average molecular weight is 434 g/mol. The smallest absolute Gasteiger partial charge is 0.407 e. The molecule has 2 N–H and O–H groups in total. The van der Waals surface area contributed by atoms with E-state index in [0.29, 0.717) is 18.5 Å². The molecule has 4 heteroatoms. The fourth-order valence-electron chi connectivity index (χ4n) is 4.39. The van der Waals surface area contributed by atoms with Crippen molar-refractivity contribution in [2.24, 2.45) is 0 Å². The van der Waals surface area contributed by atoms with Gasteiger partial charge in [-0.05, 0) is 33.7 Å². The molecule has 5 rings (SSSR count). The molecule has 0 heterocycles. The quantitative estimate of drug-likeness (QED) is 0.315. The first kappa shape index (κ1) is 20.7. The predicted octanol–water partition coefficient (Wildman–Crippen LogP) is 5.83. The summed E-state index contributed by atoms with van der Waals surface area (Å²) in [7, 11) is 0. The summed E-state index contributed by atoms with van der Waals surface area (Å²) >= 11 is 0. The Morgan fingerprint density at radius 1 is 0.879 bits per heavy atom. The highest BCUT2D eigenvalue weighted by atomic mass is 16.5. The molecule has 0 spiro atoms. The summed E-state index contributed by atoms with van der Waals surface area (Å²) < 4.78 is 5.53. The van der Waals surface area contributed by atoms with Crippen LogP contribution in [-0.2, 0) is 4.74 Å². The molecule has 0 aromatic heterocycles. The minimum absolute atomic E-state index is 0.0406. The van der Waals surface area contributed by atoms with E-state index in [1.807, 2.05) is 60.7 Å². The normalized spacial score (nSPS) is 11.9. The second kappa shape index (κ2) is 9.10. The van der Waals surface area contributed by atoms with Crippen molar-refractivity contribution >= 4 is 16.9 Å². The lowest BCUT2D eigenvalue weighted by Crippen LogP contribution is -2.26. The van der Waals surface area contributed by atoms with Crippen molar-refractivity contribution in [3.63, 3.8) is 0 Å². The molecule has 1 amide bonds. The van der Waals surface area contributed by atoms with Gasteiger partial charge in [0.1, 0.15) is 12.4 Å². The molecule has 0 radical (unpaired) electrons. The van der Waals surface area contributed by atoms with Gasteiger partial charge in [-0.1, -0.05) is 90.7 Å². The van der Waals surface area contributed by atoms with Crippen LogP contribution in [0.3, 0.4) is 0 Å². The van der Waals surface area contributed by atoms with Crippen molar-refractivity contribution in [2.75, 3.05) is 13.2 Å². The Morgan fingerprint density at radius 3 is 2.30 bits per heavy atom. The molecular weight excluding hydrogens is 410 g/mol. The van der Waals surface area contributed by atoms with Crippen LogP contribution in [0, 0.1) is 11.8 Å². The average Bonchev–Trinajstić information content (AvgIpc) is 3.18. The second-order valence-corrected chi connectivity index (χ2v) is 7.99. The van der Waals surface area contributed by atoms with Crippen LogP contribution in [0.25, 0.3) is 21.9 Å². The fourth-order valence-corrected chi connectivity index (χ4v) is 4.39. The number of carbonyl (C=O) groups is 1. The highest BCUT2D eigenvalue weighted by Crippen LogP contribution is 2.44. The number of hydrogen-bond donors (Lipinski definition) is 2. The van der Waals surface area contributed by atoms with E-state index in [9.17, 15) is 9.90 Å². The number of benzene rings is 4. The van der Waals surface area contributed by atoms with Crippen LogP contribution in [0.15, 0.2) is 84.9 Å². The topological polar surface area (TPSA) is 58.6 Å². The third-order valence-corrected chi connectivity index (χ3v) is 5.99. The summed E-state index contributed by atoms with van der Waals surface area (Å²) in [5, 5.41) is 14.9. The van der Waals surface area contributed by atoms with E-state index in [1.165, 1.54) is 22.3 Å². The van der Waals surface area contributed by atoms with Crippen molar-refractivity contribution in [3.05, 3.63) is 102 Å². The SMILES string of the molecule is O=C(NCCC#Cc1ccc2ccccc2c1O)OCC1c2ccccc2-c2ccccc21. The summed E-state index contributed by atoms with van der Waals surface area (Å²) in [5.41, 5.74) is 5.36. The number of alkyl carbamates (subject to hydrolysis) is 1. The van der Waals surface area contributed by atoms with Crippen molar-refractivity contribution < 1.29 is 14.6 Å². The molecule has 33 heavy (non-hydrogen) atoms. The van der Waals surface area contributed by atoms with Crippen LogP contribution in [-0.4, -0.2) is 24.4 Å². The van der Waals surface area contributed by atoms with Gasteiger partial charge in [-0.3, -0.25) is 0 Å². The maximum atomic E-state index is 12.2. The van der Waals surface area contributed by atoms with Gasteiger partial charge in [-0.25, -0.2) is 4.79 Å². The van der Waals surface area contributed by atoms with Gasteiger partial charge in [0.2, 0.25) is 0 Å². The largest absolute Gasteiger partial charge is 0.506 e. The number of phenols is 1. The first-order valence-electron chi connectivity index (χ1n) is 11.0. The molecule has 162 valence electrons. The zero-order chi connectivity index (χ0) is 22.6. The van der Waals surface area contributed by atoms with Crippen molar-refractivity contribution in [1.82, 2.24) is 5.32 Å². The maximum absolute atomic E-state index is 12.2. The Morgan fingerprint density at radius 2 is 1.55 bits per heavy atom. The standard InChI is InChI=1S/C29H23NO3/c31-28-21(17-16-20-9-1-2-11-22(20)28)10-7-8-18-30-29(32)33-19-27-25-14-5-3-12-23(25)24-13-4-6-15-26(24)27/h1-6,9,11-17,27,31H,8,18-19H2,(H,30,32). The van der Waals surface area contributed by atoms with Crippen molar-refractivity contribution in [1.29, 1.82) is 0 Å². The Balaban J connectivity index is 1.15. The molecule has 0 fully saturated rings. The zero-order valence-corrected chi connectivity index (χ0v) is 18.0. The summed E-state index contributed by atoms with van der Waals surface area (Å²) in [6.45, 7) is 0.661. The minimum atomic E-state index is -0.452. The Labute approximate surface area is 192 Å². The van der Waals surface area contributed by atoms with E-state index in [0.717, 1.165) is 10.8 Å². The van der Waals surface area contributed by atoms with Gasteiger partial charge in [0.25, 0.3) is 0 Å². The third kappa shape index (κ3) is 4.14. The van der Waals surface area contributed by atoms with Crippen LogP contribution >= 0.6 is 0 Å². The second-order valence-electron chi connectivity index (χ2n) is 7.99. The van der Waals surface area contributed by atoms with Crippen LogP contribution in [0.4, 0.5) is 4.79 Å². The number of carbonyl (C=O) groups excluding carboxylic acids is 1. The van der Waals surface area contributed by atoms with E-state index in [4.69, 9.17) is 4.74 Å². The van der Waals surface area contributed by atoms with Gasteiger partial charge in [0.15, 0.2) is 0 Å². The Hall–Kier alpha value is -4.23. The van der Waals surface area contributed by atoms with Gasteiger partial charge in [0, 0.05) is 24.3 Å². The molecule has 1 aliphatic carbocycles. The summed E-state index contributed by atoms with van der Waals surface area (Å²) in [4.78, 5) is 12.2. The number of amides is 1. The third-order valence-electron chi connectivity index (χ3n) is 5.99. The lowest BCUT2D eigenvalue weighted by atomic mass is 9.98. The number of aromatic hydroxyl groups is 1. The molecule has 0 unspecified atom stereocenters. The zero-order valence-electron chi connectivity index (χ0n) is 18.0. The van der Waals surface area contributed by atoms with Gasteiger partial charge in [-0.15, -0.1) is 0 Å². The van der Waals surface area contributed by atoms with Gasteiger partial charge in [0.05, 0.1) is 5.56 Å². The van der Waals surface area contributed by atoms with Gasteiger partial charge in [-0.2, -0.15) is 0 Å². The van der Waals surface area contributed by atoms with Crippen LogP contribution in [0.1, 0.15) is 29.0 Å². The molecule has 0 atom stereocenters. The Bertz CT molecular complexity index is 1350. The number of ether oxygens (including phenoxy) is 1. The fraction of sp³-hybridized carbons (Fsp3) is 0.138. The van der Waals surface area contributed by atoms with Gasteiger partial charge >= 0.3 is 6.09 Å². The van der Waals surface area contributed by atoms with Crippen LogP contribution < -0.4 is 5.32 Å². The molecule has 0 bridgehead atoms. The molecule has 4 aromatic carbocycles. The number of fused-ring (bicyclic) bond motifs is 4. The van der Waals surface area contributed by atoms with E-state index < -0.39 is 6.09 Å². The van der Waals surface area contributed by atoms with Crippen molar-refractivity contribution in [3.8, 4) is 28.7 Å². The number of nitrogens with one attached hydrogen (secondary N) is 1. The molecule has 0 saturated heterocycles. The molecule has 0 aliphatic heterocycles. The maximum Gasteiger partial charge on any atom is 0.407 e. The first-order chi connectivity index (χ1) is 16.2. The molecule has 1 aliphatic rings. The molecule has 0 saturated carbocycles. The highest BCUT2D eigenvalue weighted by molar-refractivity contribution is 5.90. The van der Waals surface area contributed by atoms with Crippen LogP contribution in [0.2, 0.25) is 0 Å². The summed E-state index contributed by atoms with van der Waals surface area (Å²) in [6, 6.07) is 27.9. The number of rotatable bonds is 4. The van der Waals surface area contributed by atoms with Crippen LogP contribution in [0.5, 0.6) is 5.75 Å². The van der Waals surface area contributed by atoms with E-state index in [-0.39, 0.29) is 18.3 Å². The van der Waals surface area contributed by atoms with Crippen molar-refractivity contribution in [2.45, 2.75) is 12.3 Å². The van der Waals surface area contributed by atoms with Gasteiger partial charge < -0.3 is 15.2 Å². The summed E-state index contributed by atoms with van der Waals surface area (Å²) in [5.74, 6) is 6.22. The number of phenolic OH excluding ortho intramolecular Hbond substituents is 1. The molecule has 4 aromatic rings. The van der Waals surface area contributed by atoms with E-state index in [2.05, 4.69) is 41.4 Å². The summed E-state index contributed by atoms with van der Waals surface area (Å²) in [6.07, 6.45) is 0.00317. The lowest BCUT2D eigenvalue weighted by Gasteiger charge is -2.14. The predicted molar refractivity (Wildman–Crippen MR) is 130 cm³/mol. The van der Waals surface area contributed by atoms with E-state index in [1.54, 1.807) is 0 Å². The molecule has 4 nitrogen and oxygen atoms in total. The minimum Gasteiger partial charge on any atom is -0.506 e. The van der Waals surface area contributed by atoms with E-state index >= 15 is 0 Å². The monoisotopic (exact) mass is 433 g/mol. The molecular formula is C29H23NO3. The Kier molecular flexibility index (Phi) is 5.70. The highest BCUT2D eigenvalue weighted by Gasteiger charge is 2.28. The lowest BCUT2D eigenvalue weighted by molar-refractivity contribution is 0.143.